The lowest BCUT2D eigenvalue weighted by molar-refractivity contribution is 0.103. The molecule has 3 aromatic rings. The third-order valence-electron chi connectivity index (χ3n) is 4.57. The number of benzene rings is 1. The summed E-state index contributed by atoms with van der Waals surface area (Å²) in [5.74, 6) is -0.00589. The summed E-state index contributed by atoms with van der Waals surface area (Å²) in [6.45, 7) is 6.45. The molecule has 0 amide bonds. The van der Waals surface area contributed by atoms with E-state index in [2.05, 4.69) is 31.0 Å². The molecule has 1 N–H and O–H groups in total. The van der Waals surface area contributed by atoms with Gasteiger partial charge in [-0.05, 0) is 29.2 Å². The van der Waals surface area contributed by atoms with Gasteiger partial charge < -0.3 is 4.57 Å². The molecule has 2 aromatic heterocycles. The first-order valence-electron chi connectivity index (χ1n) is 8.60. The van der Waals surface area contributed by atoms with E-state index in [4.69, 9.17) is 0 Å². The first kappa shape index (κ1) is 17.9. The van der Waals surface area contributed by atoms with Gasteiger partial charge in [-0.15, -0.1) is 0 Å². The summed E-state index contributed by atoms with van der Waals surface area (Å²) < 4.78 is 1.88. The van der Waals surface area contributed by atoms with E-state index in [1.54, 1.807) is 6.07 Å². The Morgan fingerprint density at radius 3 is 2.31 bits per heavy atom. The second-order valence-electron chi connectivity index (χ2n) is 7.51. The lowest BCUT2D eigenvalue weighted by Gasteiger charge is -2.19. The van der Waals surface area contributed by atoms with Crippen molar-refractivity contribution in [2.45, 2.75) is 32.6 Å². The lowest BCUT2D eigenvalue weighted by atomic mass is 9.86. The van der Waals surface area contributed by atoms with Crippen LogP contribution in [0, 0.1) is 0 Å². The second-order valence-corrected chi connectivity index (χ2v) is 7.51. The summed E-state index contributed by atoms with van der Waals surface area (Å²) in [7, 11) is 1.87. The summed E-state index contributed by atoms with van der Waals surface area (Å²) >= 11 is 0. The van der Waals surface area contributed by atoms with Crippen molar-refractivity contribution in [3.63, 3.8) is 0 Å². The Morgan fingerprint density at radius 2 is 1.73 bits per heavy atom. The molecular formula is C21H23N3O2. The highest BCUT2D eigenvalue weighted by Crippen LogP contribution is 2.23. The van der Waals surface area contributed by atoms with Crippen LogP contribution in [0.15, 0.2) is 53.3 Å². The van der Waals surface area contributed by atoms with Gasteiger partial charge >= 0.3 is 0 Å². The Morgan fingerprint density at radius 1 is 1.04 bits per heavy atom. The molecule has 1 aromatic carbocycles. The number of ketones is 1. The second kappa shape index (κ2) is 6.75. The molecule has 0 atom stereocenters. The summed E-state index contributed by atoms with van der Waals surface area (Å²) in [5.41, 5.74) is 4.05. The Hall–Kier alpha value is -2.95. The average Bonchev–Trinajstić information content (AvgIpc) is 2.96. The van der Waals surface area contributed by atoms with Gasteiger partial charge in [0.25, 0.3) is 5.56 Å². The minimum atomic E-state index is -0.227. The molecule has 0 radical (unpaired) electrons. The van der Waals surface area contributed by atoms with Gasteiger partial charge in [-0.3, -0.25) is 9.59 Å². The van der Waals surface area contributed by atoms with E-state index < -0.39 is 0 Å². The zero-order chi connectivity index (χ0) is 18.9. The minimum Gasteiger partial charge on any atom is -0.345 e. The molecule has 0 saturated carbocycles. The SMILES string of the molecule is Cn1c(Cc2ccc(=O)[nH]n2)ccc1C(=O)c1ccc(C(C)(C)C)cc1. The number of aromatic amines is 1. The molecule has 26 heavy (non-hydrogen) atoms. The Labute approximate surface area is 152 Å². The molecule has 2 heterocycles. The molecule has 0 aliphatic carbocycles. The molecule has 0 fully saturated rings. The molecule has 134 valence electrons. The van der Waals surface area contributed by atoms with E-state index in [1.165, 1.54) is 11.6 Å². The number of nitrogens with one attached hydrogen (secondary N) is 1. The molecule has 5 heteroatoms. The quantitative estimate of drug-likeness (QED) is 0.735. The van der Waals surface area contributed by atoms with Crippen LogP contribution < -0.4 is 5.56 Å². The van der Waals surface area contributed by atoms with Crippen molar-refractivity contribution in [1.29, 1.82) is 0 Å². The fourth-order valence-electron chi connectivity index (χ4n) is 2.89. The number of aromatic nitrogens is 3. The van der Waals surface area contributed by atoms with Crippen molar-refractivity contribution in [2.24, 2.45) is 7.05 Å². The zero-order valence-corrected chi connectivity index (χ0v) is 15.5. The van der Waals surface area contributed by atoms with Crippen molar-refractivity contribution < 1.29 is 4.79 Å². The van der Waals surface area contributed by atoms with Crippen LogP contribution >= 0.6 is 0 Å². The molecule has 0 spiro atoms. The lowest BCUT2D eigenvalue weighted by Crippen LogP contribution is -2.13. The van der Waals surface area contributed by atoms with Crippen LogP contribution in [-0.4, -0.2) is 20.5 Å². The fraction of sp³-hybridized carbons (Fsp3) is 0.286. The third-order valence-corrected chi connectivity index (χ3v) is 4.57. The predicted octanol–water partition coefficient (Wildman–Crippen LogP) is 3.23. The number of carbonyl (C=O) groups excluding carboxylic acids is 1. The van der Waals surface area contributed by atoms with E-state index in [0.29, 0.717) is 17.7 Å². The number of hydrogen-bond donors (Lipinski definition) is 1. The highest BCUT2D eigenvalue weighted by atomic mass is 16.1. The number of nitrogens with zero attached hydrogens (tertiary/aromatic N) is 2. The standard InChI is InChI=1S/C21H23N3O2/c1-21(2,3)15-7-5-14(6-8-15)20(26)18-11-10-17(24(18)4)13-16-9-12-19(25)23-22-16/h5-12H,13H2,1-4H3,(H,23,25). The molecular weight excluding hydrogens is 326 g/mol. The fourth-order valence-corrected chi connectivity index (χ4v) is 2.89. The van der Waals surface area contributed by atoms with Crippen LogP contribution in [0.5, 0.6) is 0 Å². The van der Waals surface area contributed by atoms with Gasteiger partial charge in [-0.1, -0.05) is 45.0 Å². The van der Waals surface area contributed by atoms with Crippen LogP contribution in [0.1, 0.15) is 53.8 Å². The highest BCUT2D eigenvalue weighted by molar-refractivity contribution is 6.08. The van der Waals surface area contributed by atoms with Gasteiger partial charge in [0.1, 0.15) is 0 Å². The maximum Gasteiger partial charge on any atom is 0.264 e. The number of carbonyl (C=O) groups is 1. The van der Waals surface area contributed by atoms with E-state index in [1.807, 2.05) is 48.0 Å². The van der Waals surface area contributed by atoms with Crippen LogP contribution in [0.4, 0.5) is 0 Å². The van der Waals surface area contributed by atoms with Gasteiger partial charge in [0, 0.05) is 30.8 Å². The van der Waals surface area contributed by atoms with Gasteiger partial charge in [0.05, 0.1) is 11.4 Å². The maximum atomic E-state index is 12.9. The largest absolute Gasteiger partial charge is 0.345 e. The van der Waals surface area contributed by atoms with Gasteiger partial charge in [-0.2, -0.15) is 5.10 Å². The third kappa shape index (κ3) is 3.67. The zero-order valence-electron chi connectivity index (χ0n) is 15.5. The van der Waals surface area contributed by atoms with Crippen LogP contribution in [-0.2, 0) is 18.9 Å². The van der Waals surface area contributed by atoms with Crippen molar-refractivity contribution >= 4 is 5.78 Å². The molecule has 0 bridgehead atoms. The predicted molar refractivity (Wildman–Crippen MR) is 102 cm³/mol. The first-order chi connectivity index (χ1) is 12.3. The first-order valence-corrected chi connectivity index (χ1v) is 8.60. The molecule has 3 rings (SSSR count). The summed E-state index contributed by atoms with van der Waals surface area (Å²) in [6.07, 6.45) is 0.545. The smallest absolute Gasteiger partial charge is 0.264 e. The molecule has 0 saturated heterocycles. The summed E-state index contributed by atoms with van der Waals surface area (Å²) in [6, 6.07) is 14.7. The number of rotatable bonds is 4. The van der Waals surface area contributed by atoms with E-state index >= 15 is 0 Å². The van der Waals surface area contributed by atoms with Crippen molar-refractivity contribution in [2.75, 3.05) is 0 Å². The van der Waals surface area contributed by atoms with Crippen molar-refractivity contribution in [3.8, 4) is 0 Å². The highest BCUT2D eigenvalue weighted by Gasteiger charge is 2.17. The normalized spacial score (nSPS) is 11.5. The topological polar surface area (TPSA) is 67.8 Å². The van der Waals surface area contributed by atoms with Crippen molar-refractivity contribution in [1.82, 2.24) is 14.8 Å². The van der Waals surface area contributed by atoms with E-state index in [0.717, 1.165) is 11.4 Å². The number of H-pyrrole nitrogens is 1. The summed E-state index contributed by atoms with van der Waals surface area (Å²) in [4.78, 5) is 24.0. The van der Waals surface area contributed by atoms with Gasteiger partial charge in [0.2, 0.25) is 5.78 Å². The minimum absolute atomic E-state index is 0.00589. The Bertz CT molecular complexity index is 969. The molecule has 0 unspecified atom stereocenters. The van der Waals surface area contributed by atoms with E-state index in [9.17, 15) is 9.59 Å². The van der Waals surface area contributed by atoms with Crippen LogP contribution in [0.2, 0.25) is 0 Å². The Kier molecular flexibility index (Phi) is 4.64. The monoisotopic (exact) mass is 349 g/mol. The maximum absolute atomic E-state index is 12.9. The molecule has 5 nitrogen and oxygen atoms in total. The Balaban J connectivity index is 1.83. The summed E-state index contributed by atoms with van der Waals surface area (Å²) in [5, 5.41) is 6.45. The average molecular weight is 349 g/mol. The van der Waals surface area contributed by atoms with Crippen LogP contribution in [0.3, 0.4) is 0 Å². The molecule has 0 aliphatic rings. The van der Waals surface area contributed by atoms with Crippen molar-refractivity contribution in [3.05, 3.63) is 87.1 Å². The van der Waals surface area contributed by atoms with Gasteiger partial charge in [0.15, 0.2) is 0 Å². The molecule has 0 aliphatic heterocycles. The van der Waals surface area contributed by atoms with Crippen LogP contribution in [0.25, 0.3) is 0 Å². The van der Waals surface area contributed by atoms with E-state index in [-0.39, 0.29) is 16.8 Å². The van der Waals surface area contributed by atoms with Gasteiger partial charge in [-0.25, -0.2) is 5.10 Å². The number of hydrogen-bond acceptors (Lipinski definition) is 3.